The van der Waals surface area contributed by atoms with Crippen LogP contribution in [0.4, 0.5) is 43.1 Å². The third-order valence-corrected chi connectivity index (χ3v) is 10.1. The smallest absolute Gasteiger partial charge is 0.205 e. The maximum atomic E-state index is 16.2. The van der Waals surface area contributed by atoms with Gasteiger partial charge in [0.1, 0.15) is 28.4 Å². The Bertz CT molecular complexity index is 2780. The zero-order chi connectivity index (χ0) is 35.7. The number of para-hydroxylation sites is 3. The van der Waals surface area contributed by atoms with Gasteiger partial charge < -0.3 is 13.7 Å². The van der Waals surface area contributed by atoms with E-state index in [0.717, 1.165) is 38.1 Å². The van der Waals surface area contributed by atoms with Gasteiger partial charge in [-0.3, -0.25) is 4.90 Å². The number of hydrogen-bond donors (Lipinski definition) is 0. The lowest BCUT2D eigenvalue weighted by molar-refractivity contribution is 0.604. The Kier molecular flexibility index (Phi) is 7.52. The topological polar surface area (TPSA) is 32.8 Å². The molecule has 0 aliphatic rings. The summed E-state index contributed by atoms with van der Waals surface area (Å²) < 4.78 is 45.0. The van der Waals surface area contributed by atoms with Crippen molar-refractivity contribution in [1.29, 1.82) is 0 Å². The van der Waals surface area contributed by atoms with E-state index in [0.29, 0.717) is 56.6 Å². The maximum Gasteiger partial charge on any atom is 0.205 e. The summed E-state index contributed by atoms with van der Waals surface area (Å²) in [6, 6.07) is 41.5. The fraction of sp³-hybridized carbons (Fsp3) is 0.0667. The molecule has 7 heteroatoms. The van der Waals surface area contributed by atoms with Crippen molar-refractivity contribution in [2.45, 2.75) is 20.8 Å². The second kappa shape index (κ2) is 12.3. The molecule has 4 nitrogen and oxygen atoms in total. The summed E-state index contributed by atoms with van der Waals surface area (Å²) in [4.78, 5) is 3.53. The van der Waals surface area contributed by atoms with Gasteiger partial charge in [-0.25, -0.2) is 8.78 Å². The monoisotopic (exact) mass is 704 g/mol. The molecule has 0 saturated carbocycles. The van der Waals surface area contributed by atoms with E-state index in [1.54, 1.807) is 17.0 Å². The summed E-state index contributed by atoms with van der Waals surface area (Å²) in [6.45, 7) is 5.65. The van der Waals surface area contributed by atoms with E-state index in [1.165, 1.54) is 12.1 Å². The Morgan fingerprint density at radius 3 is 1.77 bits per heavy atom. The van der Waals surface area contributed by atoms with Crippen LogP contribution in [0.3, 0.4) is 0 Å². The van der Waals surface area contributed by atoms with Crippen LogP contribution < -0.4 is 9.80 Å². The second-order valence-electron chi connectivity index (χ2n) is 13.2. The van der Waals surface area contributed by atoms with Crippen LogP contribution in [0, 0.1) is 32.4 Å². The normalized spacial score (nSPS) is 11.7. The van der Waals surface area contributed by atoms with Gasteiger partial charge in [-0.2, -0.15) is 0 Å². The SMILES string of the molecule is Cc1cc(N(c2ccc3c(c2)oc2cc4ccccc4cc23)c2c(C)cccc2F)c(Cl)c(N(c2cc3ccccc3o2)c2c(C)cccc2F)c1. The minimum atomic E-state index is -0.440. The van der Waals surface area contributed by atoms with E-state index >= 15 is 8.78 Å². The molecule has 9 aromatic rings. The predicted molar refractivity (Wildman–Crippen MR) is 210 cm³/mol. The standard InChI is InChI=1S/C45H31ClF2N2O2/c1-26-20-37(43(46)38(21-26)50(45-28(3)11-9-16-36(45)48)42-24-31-14-6-7-17-39(31)52-42)49(44-27(2)10-8-15-35(44)47)32-18-19-33-34-22-29-12-4-5-13-30(29)23-40(34)51-41(33)25-32/h4-25H,1-3H3. The first kappa shape index (κ1) is 31.8. The summed E-state index contributed by atoms with van der Waals surface area (Å²) in [6.07, 6.45) is 0. The van der Waals surface area contributed by atoms with Crippen molar-refractivity contribution >= 4 is 89.6 Å². The third-order valence-electron chi connectivity index (χ3n) is 9.70. The van der Waals surface area contributed by atoms with Crippen LogP contribution in [0.15, 0.2) is 142 Å². The van der Waals surface area contributed by atoms with E-state index in [2.05, 4.69) is 18.2 Å². The third kappa shape index (κ3) is 5.18. The molecule has 0 spiro atoms. The van der Waals surface area contributed by atoms with Crippen molar-refractivity contribution < 1.29 is 17.6 Å². The zero-order valence-corrected chi connectivity index (χ0v) is 29.3. The molecule has 52 heavy (non-hydrogen) atoms. The molecule has 0 saturated heterocycles. The van der Waals surface area contributed by atoms with Crippen LogP contribution >= 0.6 is 11.6 Å². The number of anilines is 6. The van der Waals surface area contributed by atoms with Crippen LogP contribution in [-0.4, -0.2) is 0 Å². The van der Waals surface area contributed by atoms with E-state index in [9.17, 15) is 0 Å². The number of nitrogens with zero attached hydrogens (tertiary/aromatic N) is 2. The Hall–Kier alpha value is -6.11. The van der Waals surface area contributed by atoms with Crippen molar-refractivity contribution in [2.75, 3.05) is 9.80 Å². The highest BCUT2D eigenvalue weighted by molar-refractivity contribution is 6.37. The predicted octanol–water partition coefficient (Wildman–Crippen LogP) is 14.3. The number of fused-ring (bicyclic) bond motifs is 5. The molecule has 0 fully saturated rings. The molecular weight excluding hydrogens is 674 g/mol. The summed E-state index contributed by atoms with van der Waals surface area (Å²) in [5.74, 6) is -0.476. The average molecular weight is 705 g/mol. The Morgan fingerprint density at radius 1 is 0.500 bits per heavy atom. The summed E-state index contributed by atoms with van der Waals surface area (Å²) in [5.41, 5.74) is 6.51. The van der Waals surface area contributed by atoms with E-state index in [1.807, 2.05) is 117 Å². The van der Waals surface area contributed by atoms with Gasteiger partial charge in [0.2, 0.25) is 5.88 Å². The molecule has 0 bridgehead atoms. The number of aryl methyl sites for hydroxylation is 3. The molecule has 0 aliphatic carbocycles. The lowest BCUT2D eigenvalue weighted by Crippen LogP contribution is -2.17. The van der Waals surface area contributed by atoms with Crippen LogP contribution in [0.2, 0.25) is 5.02 Å². The maximum absolute atomic E-state index is 16.2. The van der Waals surface area contributed by atoms with Gasteiger partial charge in [-0.1, -0.05) is 78.3 Å². The molecule has 9 rings (SSSR count). The van der Waals surface area contributed by atoms with Crippen molar-refractivity contribution in [2.24, 2.45) is 0 Å². The van der Waals surface area contributed by atoms with Crippen LogP contribution in [-0.2, 0) is 0 Å². The van der Waals surface area contributed by atoms with Gasteiger partial charge >= 0.3 is 0 Å². The molecule has 0 radical (unpaired) electrons. The lowest BCUT2D eigenvalue weighted by Gasteiger charge is -2.31. The number of hydrogen-bond acceptors (Lipinski definition) is 4. The van der Waals surface area contributed by atoms with E-state index in [-0.39, 0.29) is 5.02 Å². The highest BCUT2D eigenvalue weighted by Gasteiger charge is 2.29. The van der Waals surface area contributed by atoms with Crippen molar-refractivity contribution in [3.63, 3.8) is 0 Å². The molecular formula is C45H31ClF2N2O2. The van der Waals surface area contributed by atoms with Gasteiger partial charge in [0, 0.05) is 28.3 Å². The van der Waals surface area contributed by atoms with E-state index in [4.69, 9.17) is 20.4 Å². The highest BCUT2D eigenvalue weighted by Crippen LogP contribution is 2.50. The lowest BCUT2D eigenvalue weighted by atomic mass is 10.0. The van der Waals surface area contributed by atoms with Crippen LogP contribution in [0.1, 0.15) is 16.7 Å². The van der Waals surface area contributed by atoms with Crippen molar-refractivity contribution in [3.8, 4) is 0 Å². The minimum absolute atomic E-state index is 0.271. The molecule has 0 amide bonds. The quantitative estimate of drug-likeness (QED) is 0.172. The van der Waals surface area contributed by atoms with Crippen LogP contribution in [0.25, 0.3) is 43.7 Å². The van der Waals surface area contributed by atoms with Gasteiger partial charge in [0.25, 0.3) is 0 Å². The van der Waals surface area contributed by atoms with Gasteiger partial charge in [-0.15, -0.1) is 0 Å². The van der Waals surface area contributed by atoms with Gasteiger partial charge in [-0.05, 0) is 103 Å². The number of benzene rings is 7. The Balaban J connectivity index is 1.30. The molecule has 254 valence electrons. The number of rotatable bonds is 6. The molecule has 7 aromatic carbocycles. The molecule has 0 aliphatic heterocycles. The highest BCUT2D eigenvalue weighted by atomic mass is 35.5. The van der Waals surface area contributed by atoms with Crippen LogP contribution in [0.5, 0.6) is 0 Å². The second-order valence-corrected chi connectivity index (χ2v) is 13.6. The zero-order valence-electron chi connectivity index (χ0n) is 28.5. The van der Waals surface area contributed by atoms with Crippen molar-refractivity contribution in [3.05, 3.63) is 167 Å². The molecule has 2 heterocycles. The summed E-state index contributed by atoms with van der Waals surface area (Å²) in [5, 5.41) is 5.26. The minimum Gasteiger partial charge on any atom is -0.456 e. The molecule has 0 unspecified atom stereocenters. The first-order chi connectivity index (χ1) is 25.2. The summed E-state index contributed by atoms with van der Waals surface area (Å²) >= 11 is 7.53. The van der Waals surface area contributed by atoms with E-state index < -0.39 is 11.6 Å². The largest absolute Gasteiger partial charge is 0.456 e. The summed E-state index contributed by atoms with van der Waals surface area (Å²) in [7, 11) is 0. The fourth-order valence-electron chi connectivity index (χ4n) is 7.27. The van der Waals surface area contributed by atoms with Gasteiger partial charge in [0.05, 0.1) is 33.5 Å². The Morgan fingerprint density at radius 2 is 1.10 bits per heavy atom. The van der Waals surface area contributed by atoms with Crippen molar-refractivity contribution in [1.82, 2.24) is 0 Å². The average Bonchev–Trinajstić information content (AvgIpc) is 3.72. The molecule has 0 atom stereocenters. The first-order valence-electron chi connectivity index (χ1n) is 17.0. The molecule has 2 aromatic heterocycles. The fourth-order valence-corrected chi connectivity index (χ4v) is 7.55. The molecule has 0 N–H and O–H groups in total. The first-order valence-corrected chi connectivity index (χ1v) is 17.4. The number of furan rings is 2. The van der Waals surface area contributed by atoms with Gasteiger partial charge in [0.15, 0.2) is 0 Å². The number of halogens is 3. The Labute approximate surface area is 303 Å².